The Hall–Kier alpha value is -1.90. The van der Waals surface area contributed by atoms with E-state index < -0.39 is 12.2 Å². The topological polar surface area (TPSA) is 40.5 Å². The Morgan fingerprint density at radius 1 is 0.778 bits per heavy atom. The molecule has 2 aromatic rings. The van der Waals surface area contributed by atoms with Crippen molar-refractivity contribution in [2.45, 2.75) is 12.2 Å². The van der Waals surface area contributed by atoms with Crippen LogP contribution in [0, 0.1) is 0 Å². The van der Waals surface area contributed by atoms with Crippen LogP contribution >= 0.6 is 0 Å². The first-order chi connectivity index (χ1) is 8.77. The van der Waals surface area contributed by atoms with E-state index in [0.717, 1.165) is 27.8 Å². The van der Waals surface area contributed by atoms with Gasteiger partial charge in [0.15, 0.2) is 0 Å². The fourth-order valence-corrected chi connectivity index (χ4v) is 3.05. The van der Waals surface area contributed by atoms with Crippen molar-refractivity contribution in [1.29, 1.82) is 0 Å². The lowest BCUT2D eigenvalue weighted by atomic mass is 9.87. The summed E-state index contributed by atoms with van der Waals surface area (Å²) in [6.45, 7) is 0. The molecule has 0 bridgehead atoms. The van der Waals surface area contributed by atoms with Crippen molar-refractivity contribution in [1.82, 2.24) is 0 Å². The molecule has 0 aliphatic heterocycles. The standard InChI is InChI=1S/C16H12O2/c17-14-8-13-10-5-2-1-4-9(10)11-6-3-7-12(15(11)13)16(14)18/h1-8,14,16-18H/t14-,16+/m1/s1. The summed E-state index contributed by atoms with van der Waals surface area (Å²) in [5.74, 6) is 0. The summed E-state index contributed by atoms with van der Waals surface area (Å²) in [6, 6.07) is 14.1. The van der Waals surface area contributed by atoms with Gasteiger partial charge in [0.2, 0.25) is 0 Å². The highest BCUT2D eigenvalue weighted by molar-refractivity contribution is 6.03. The Bertz CT molecular complexity index is 685. The molecule has 2 aliphatic carbocycles. The summed E-state index contributed by atoms with van der Waals surface area (Å²) in [4.78, 5) is 0. The number of fused-ring (bicyclic) bond motifs is 3. The Balaban J connectivity index is 2.14. The fraction of sp³-hybridized carbons (Fsp3) is 0.125. The first-order valence-corrected chi connectivity index (χ1v) is 6.08. The van der Waals surface area contributed by atoms with Crippen LogP contribution in [0.5, 0.6) is 0 Å². The second-order valence-electron chi connectivity index (χ2n) is 4.83. The third kappa shape index (κ3) is 1.09. The normalized spacial score (nSPS) is 23.3. The maximum atomic E-state index is 10.1. The maximum absolute atomic E-state index is 10.1. The molecule has 0 amide bonds. The van der Waals surface area contributed by atoms with Crippen LogP contribution in [0.15, 0.2) is 48.5 Å². The van der Waals surface area contributed by atoms with Crippen molar-refractivity contribution in [3.05, 3.63) is 65.2 Å². The predicted molar refractivity (Wildman–Crippen MR) is 69.9 cm³/mol. The average Bonchev–Trinajstić information content (AvgIpc) is 2.72. The van der Waals surface area contributed by atoms with Gasteiger partial charge in [-0.05, 0) is 39.5 Å². The molecule has 2 N–H and O–H groups in total. The second-order valence-corrected chi connectivity index (χ2v) is 4.83. The van der Waals surface area contributed by atoms with Gasteiger partial charge in [-0.25, -0.2) is 0 Å². The second kappa shape index (κ2) is 3.31. The quantitative estimate of drug-likeness (QED) is 0.629. The van der Waals surface area contributed by atoms with Crippen LogP contribution in [-0.2, 0) is 0 Å². The predicted octanol–water partition coefficient (Wildman–Crippen LogP) is 2.51. The van der Waals surface area contributed by atoms with Gasteiger partial charge in [-0.3, -0.25) is 0 Å². The van der Waals surface area contributed by atoms with Crippen molar-refractivity contribution < 1.29 is 10.2 Å². The van der Waals surface area contributed by atoms with E-state index in [1.807, 2.05) is 24.3 Å². The first kappa shape index (κ1) is 10.1. The highest BCUT2D eigenvalue weighted by Gasteiger charge is 2.33. The van der Waals surface area contributed by atoms with Crippen molar-refractivity contribution in [3.63, 3.8) is 0 Å². The number of hydrogen-bond donors (Lipinski definition) is 2. The summed E-state index contributed by atoms with van der Waals surface area (Å²) in [7, 11) is 0. The molecule has 0 spiro atoms. The summed E-state index contributed by atoms with van der Waals surface area (Å²) in [6.07, 6.45) is 0.120. The van der Waals surface area contributed by atoms with E-state index in [9.17, 15) is 10.2 Å². The highest BCUT2D eigenvalue weighted by Crippen LogP contribution is 2.49. The Morgan fingerprint density at radius 2 is 1.50 bits per heavy atom. The van der Waals surface area contributed by atoms with Gasteiger partial charge in [0.05, 0.1) is 0 Å². The molecule has 0 radical (unpaired) electrons. The monoisotopic (exact) mass is 236 g/mol. The van der Waals surface area contributed by atoms with Crippen LogP contribution in [0.1, 0.15) is 22.8 Å². The Morgan fingerprint density at radius 3 is 2.33 bits per heavy atom. The van der Waals surface area contributed by atoms with Crippen LogP contribution in [0.4, 0.5) is 0 Å². The molecule has 2 atom stereocenters. The minimum atomic E-state index is -0.825. The number of aliphatic hydroxyl groups excluding tert-OH is 2. The average molecular weight is 236 g/mol. The number of rotatable bonds is 0. The molecule has 0 unspecified atom stereocenters. The lowest BCUT2D eigenvalue weighted by Gasteiger charge is -2.24. The number of hydrogen-bond acceptors (Lipinski definition) is 2. The van der Waals surface area contributed by atoms with E-state index in [2.05, 4.69) is 18.2 Å². The van der Waals surface area contributed by atoms with Gasteiger partial charge in [-0.15, -0.1) is 0 Å². The molecule has 0 saturated heterocycles. The number of aliphatic hydroxyl groups is 2. The third-order valence-corrected chi connectivity index (χ3v) is 3.85. The van der Waals surface area contributed by atoms with E-state index >= 15 is 0 Å². The van der Waals surface area contributed by atoms with Crippen molar-refractivity contribution in [2.24, 2.45) is 0 Å². The van der Waals surface area contributed by atoms with E-state index in [1.165, 1.54) is 5.56 Å². The zero-order valence-corrected chi connectivity index (χ0v) is 9.67. The highest BCUT2D eigenvalue weighted by atomic mass is 16.3. The SMILES string of the molecule is O[C@@H]1C=C2c3ccccc3-c3cccc(c32)[C@@H]1O. The molecule has 2 heteroatoms. The molecule has 2 aromatic carbocycles. The molecule has 0 heterocycles. The van der Waals surface area contributed by atoms with Crippen LogP contribution in [-0.4, -0.2) is 16.3 Å². The van der Waals surface area contributed by atoms with E-state index in [0.29, 0.717) is 0 Å². The van der Waals surface area contributed by atoms with Gasteiger partial charge in [-0.1, -0.05) is 42.5 Å². The van der Waals surface area contributed by atoms with Gasteiger partial charge in [0.1, 0.15) is 12.2 Å². The molecule has 0 aromatic heterocycles. The summed E-state index contributed by atoms with van der Waals surface area (Å²) < 4.78 is 0. The van der Waals surface area contributed by atoms with Crippen molar-refractivity contribution in [2.75, 3.05) is 0 Å². The molecule has 0 fully saturated rings. The van der Waals surface area contributed by atoms with Gasteiger partial charge in [-0.2, -0.15) is 0 Å². The van der Waals surface area contributed by atoms with E-state index in [-0.39, 0.29) is 0 Å². The molecule has 2 aliphatic rings. The Labute approximate surface area is 105 Å². The van der Waals surface area contributed by atoms with Gasteiger partial charge >= 0.3 is 0 Å². The van der Waals surface area contributed by atoms with Crippen LogP contribution < -0.4 is 0 Å². The summed E-state index contributed by atoms with van der Waals surface area (Å²) >= 11 is 0. The van der Waals surface area contributed by atoms with Crippen molar-refractivity contribution in [3.8, 4) is 11.1 Å². The lowest BCUT2D eigenvalue weighted by Crippen LogP contribution is -2.20. The summed E-state index contributed by atoms with van der Waals surface area (Å²) in [5.41, 5.74) is 6.44. The molecule has 0 saturated carbocycles. The summed E-state index contributed by atoms with van der Waals surface area (Å²) in [5, 5.41) is 20.0. The van der Waals surface area contributed by atoms with Crippen LogP contribution in [0.25, 0.3) is 16.7 Å². The molecule has 18 heavy (non-hydrogen) atoms. The lowest BCUT2D eigenvalue weighted by molar-refractivity contribution is 0.0467. The van der Waals surface area contributed by atoms with Gasteiger partial charge in [0.25, 0.3) is 0 Å². The number of benzene rings is 2. The molecular weight excluding hydrogens is 224 g/mol. The largest absolute Gasteiger partial charge is 0.386 e. The van der Waals surface area contributed by atoms with E-state index in [1.54, 1.807) is 6.08 Å². The molecule has 4 rings (SSSR count). The van der Waals surface area contributed by atoms with Gasteiger partial charge < -0.3 is 10.2 Å². The zero-order valence-electron chi connectivity index (χ0n) is 9.67. The minimum Gasteiger partial charge on any atom is -0.386 e. The molecule has 88 valence electrons. The third-order valence-electron chi connectivity index (χ3n) is 3.85. The molecule has 2 nitrogen and oxygen atoms in total. The van der Waals surface area contributed by atoms with Crippen molar-refractivity contribution >= 4 is 5.57 Å². The smallest absolute Gasteiger partial charge is 0.109 e. The minimum absolute atomic E-state index is 0.821. The first-order valence-electron chi connectivity index (χ1n) is 6.08. The Kier molecular flexibility index (Phi) is 1.85. The van der Waals surface area contributed by atoms with Gasteiger partial charge in [0, 0.05) is 0 Å². The van der Waals surface area contributed by atoms with Crippen LogP contribution in [0.3, 0.4) is 0 Å². The zero-order chi connectivity index (χ0) is 12.3. The van der Waals surface area contributed by atoms with Crippen LogP contribution in [0.2, 0.25) is 0 Å². The van der Waals surface area contributed by atoms with E-state index in [4.69, 9.17) is 0 Å². The maximum Gasteiger partial charge on any atom is 0.109 e. The fourth-order valence-electron chi connectivity index (χ4n) is 3.05. The molecular formula is C16H12O2.